The SMILES string of the molecule is C=CC(=O)N(C)C(=O)OC. The summed E-state index contributed by atoms with van der Waals surface area (Å²) in [5.74, 6) is -0.480. The van der Waals surface area contributed by atoms with Crippen LogP contribution < -0.4 is 0 Å². The molecule has 0 aliphatic carbocycles. The largest absolute Gasteiger partial charge is 0.452 e. The molecule has 0 spiro atoms. The Bertz CT molecular complexity index is 164. The molecule has 0 N–H and O–H groups in total. The molecule has 0 heterocycles. The maximum atomic E-state index is 10.6. The zero-order valence-corrected chi connectivity index (χ0v) is 5.96. The molecule has 2 amide bonds. The molecule has 4 nitrogen and oxygen atoms in total. The minimum atomic E-state index is -0.690. The van der Waals surface area contributed by atoms with Gasteiger partial charge in [-0.05, 0) is 6.08 Å². The maximum absolute atomic E-state index is 10.6. The van der Waals surface area contributed by atoms with E-state index in [1.165, 1.54) is 14.2 Å². The number of nitrogens with zero attached hydrogens (tertiary/aromatic N) is 1. The number of imide groups is 1. The van der Waals surface area contributed by atoms with Crippen molar-refractivity contribution in [3.8, 4) is 0 Å². The highest BCUT2D eigenvalue weighted by molar-refractivity contribution is 5.97. The second-order valence-corrected chi connectivity index (χ2v) is 1.57. The van der Waals surface area contributed by atoms with Crippen LogP contribution in [0, 0.1) is 0 Å². The second kappa shape index (κ2) is 3.66. The lowest BCUT2D eigenvalue weighted by Crippen LogP contribution is -2.31. The number of rotatable bonds is 1. The van der Waals surface area contributed by atoms with Crippen molar-refractivity contribution in [1.82, 2.24) is 4.90 Å². The van der Waals surface area contributed by atoms with E-state index in [0.29, 0.717) is 0 Å². The number of carbonyl (C=O) groups is 2. The molecule has 0 aromatic heterocycles. The molecule has 0 radical (unpaired) electrons. The molecule has 0 aliphatic rings. The van der Waals surface area contributed by atoms with Gasteiger partial charge < -0.3 is 4.74 Å². The van der Waals surface area contributed by atoms with Gasteiger partial charge in [-0.15, -0.1) is 0 Å². The Labute approximate surface area is 59.1 Å². The molecule has 0 saturated carbocycles. The van der Waals surface area contributed by atoms with Crippen LogP contribution in [0.25, 0.3) is 0 Å². The Morgan fingerprint density at radius 1 is 1.60 bits per heavy atom. The van der Waals surface area contributed by atoms with Crippen LogP contribution in [0.2, 0.25) is 0 Å². The number of methoxy groups -OCH3 is 1. The molecule has 0 rings (SSSR count). The standard InChI is InChI=1S/C6H9NO3/c1-4-5(8)7(2)6(9)10-3/h4H,1H2,2-3H3. The summed E-state index contributed by atoms with van der Waals surface area (Å²) in [6.07, 6.45) is 0.349. The average Bonchev–Trinajstić information content (AvgIpc) is 2.00. The van der Waals surface area contributed by atoms with Crippen LogP contribution in [0.3, 0.4) is 0 Å². The zero-order chi connectivity index (χ0) is 8.15. The second-order valence-electron chi connectivity index (χ2n) is 1.57. The van der Waals surface area contributed by atoms with Crippen molar-refractivity contribution in [2.45, 2.75) is 0 Å². The van der Waals surface area contributed by atoms with E-state index in [-0.39, 0.29) is 0 Å². The van der Waals surface area contributed by atoms with Crippen LogP contribution in [-0.4, -0.2) is 31.1 Å². The van der Waals surface area contributed by atoms with Gasteiger partial charge in [-0.25, -0.2) is 9.69 Å². The Morgan fingerprint density at radius 2 is 2.10 bits per heavy atom. The van der Waals surface area contributed by atoms with Crippen LogP contribution in [0.15, 0.2) is 12.7 Å². The predicted octanol–water partition coefficient (Wildman–Crippen LogP) is 0.397. The van der Waals surface area contributed by atoms with E-state index in [9.17, 15) is 9.59 Å². The van der Waals surface area contributed by atoms with E-state index >= 15 is 0 Å². The highest BCUT2D eigenvalue weighted by Crippen LogP contribution is 1.88. The molecular formula is C6H9NO3. The first-order valence-electron chi connectivity index (χ1n) is 2.61. The number of hydrogen-bond acceptors (Lipinski definition) is 3. The van der Waals surface area contributed by atoms with Crippen molar-refractivity contribution in [3.05, 3.63) is 12.7 Å². The van der Waals surface area contributed by atoms with Crippen LogP contribution in [0.4, 0.5) is 4.79 Å². The molecular weight excluding hydrogens is 134 g/mol. The first-order valence-corrected chi connectivity index (χ1v) is 2.61. The van der Waals surface area contributed by atoms with E-state index in [4.69, 9.17) is 0 Å². The van der Waals surface area contributed by atoms with Gasteiger partial charge in [-0.2, -0.15) is 0 Å². The number of ether oxygens (including phenoxy) is 1. The summed E-state index contributed by atoms with van der Waals surface area (Å²) in [7, 11) is 2.52. The van der Waals surface area contributed by atoms with Crippen LogP contribution in [-0.2, 0) is 9.53 Å². The van der Waals surface area contributed by atoms with Gasteiger partial charge in [0, 0.05) is 7.05 Å². The smallest absolute Gasteiger partial charge is 0.416 e. The van der Waals surface area contributed by atoms with E-state index < -0.39 is 12.0 Å². The van der Waals surface area contributed by atoms with Gasteiger partial charge in [0.1, 0.15) is 0 Å². The predicted molar refractivity (Wildman–Crippen MR) is 35.4 cm³/mol. The molecule has 0 aromatic rings. The third-order valence-corrected chi connectivity index (χ3v) is 0.954. The highest BCUT2D eigenvalue weighted by Gasteiger charge is 2.12. The zero-order valence-electron chi connectivity index (χ0n) is 5.96. The Morgan fingerprint density at radius 3 is 2.40 bits per heavy atom. The first kappa shape index (κ1) is 8.68. The average molecular weight is 143 g/mol. The summed E-state index contributed by atoms with van der Waals surface area (Å²) in [5, 5.41) is 0. The molecule has 0 atom stereocenters. The lowest BCUT2D eigenvalue weighted by molar-refractivity contribution is -0.123. The molecule has 0 aromatic carbocycles. The van der Waals surface area contributed by atoms with Crippen molar-refractivity contribution in [1.29, 1.82) is 0 Å². The number of likely N-dealkylation sites (N-methyl/N-ethyl adjacent to an activating group) is 1. The third kappa shape index (κ3) is 1.89. The molecule has 0 unspecified atom stereocenters. The van der Waals surface area contributed by atoms with Crippen LogP contribution >= 0.6 is 0 Å². The fourth-order valence-corrected chi connectivity index (χ4v) is 0.364. The molecule has 0 fully saturated rings. The van der Waals surface area contributed by atoms with Crippen molar-refractivity contribution >= 4 is 12.0 Å². The summed E-state index contributed by atoms with van der Waals surface area (Å²) in [5.41, 5.74) is 0. The Balaban J connectivity index is 4.06. The number of hydrogen-bond donors (Lipinski definition) is 0. The summed E-state index contributed by atoms with van der Waals surface area (Å²) in [4.78, 5) is 22.0. The van der Waals surface area contributed by atoms with Crippen molar-refractivity contribution in [2.75, 3.05) is 14.2 Å². The lowest BCUT2D eigenvalue weighted by Gasteiger charge is -2.09. The first-order chi connectivity index (χ1) is 4.63. The molecule has 0 saturated heterocycles. The van der Waals surface area contributed by atoms with Crippen LogP contribution in [0.5, 0.6) is 0 Å². The molecule has 0 bridgehead atoms. The van der Waals surface area contributed by atoms with Crippen LogP contribution in [0.1, 0.15) is 0 Å². The van der Waals surface area contributed by atoms with Gasteiger partial charge in [0.2, 0.25) is 0 Å². The van der Waals surface area contributed by atoms with E-state index in [0.717, 1.165) is 11.0 Å². The van der Waals surface area contributed by atoms with Gasteiger partial charge in [-0.1, -0.05) is 6.58 Å². The van der Waals surface area contributed by atoms with Gasteiger partial charge in [-0.3, -0.25) is 4.79 Å². The highest BCUT2D eigenvalue weighted by atomic mass is 16.5. The Hall–Kier alpha value is -1.32. The minimum absolute atomic E-state index is 0.480. The molecule has 56 valence electrons. The van der Waals surface area contributed by atoms with E-state index in [2.05, 4.69) is 11.3 Å². The van der Waals surface area contributed by atoms with Gasteiger partial charge in [0.25, 0.3) is 5.91 Å². The molecule has 4 heteroatoms. The summed E-state index contributed by atoms with van der Waals surface area (Å²) in [6, 6.07) is 0. The van der Waals surface area contributed by atoms with E-state index in [1.54, 1.807) is 0 Å². The summed E-state index contributed by atoms with van der Waals surface area (Å²) >= 11 is 0. The van der Waals surface area contributed by atoms with Gasteiger partial charge >= 0.3 is 6.09 Å². The third-order valence-electron chi connectivity index (χ3n) is 0.954. The quantitative estimate of drug-likeness (QED) is 0.499. The minimum Gasteiger partial charge on any atom is -0.452 e. The van der Waals surface area contributed by atoms with Gasteiger partial charge in [0.05, 0.1) is 7.11 Å². The summed E-state index contributed by atoms with van der Waals surface area (Å²) < 4.78 is 4.25. The van der Waals surface area contributed by atoms with Crippen molar-refractivity contribution < 1.29 is 14.3 Å². The normalized spacial score (nSPS) is 8.20. The van der Waals surface area contributed by atoms with Gasteiger partial charge in [0.15, 0.2) is 0 Å². The van der Waals surface area contributed by atoms with Crippen molar-refractivity contribution in [2.24, 2.45) is 0 Å². The fraction of sp³-hybridized carbons (Fsp3) is 0.333. The Kier molecular flexibility index (Phi) is 3.17. The summed E-state index contributed by atoms with van der Waals surface area (Å²) in [6.45, 7) is 3.20. The fourth-order valence-electron chi connectivity index (χ4n) is 0.364. The number of carbonyl (C=O) groups excluding carboxylic acids is 2. The maximum Gasteiger partial charge on any atom is 0.416 e. The van der Waals surface area contributed by atoms with E-state index in [1.807, 2.05) is 0 Å². The molecule has 10 heavy (non-hydrogen) atoms. The van der Waals surface area contributed by atoms with Crippen molar-refractivity contribution in [3.63, 3.8) is 0 Å². The molecule has 0 aliphatic heterocycles. The topological polar surface area (TPSA) is 46.6 Å². The number of amides is 2. The lowest BCUT2D eigenvalue weighted by atomic mass is 10.5. The monoisotopic (exact) mass is 143 g/mol.